The number of carbonyl (C=O) groups is 1. The van der Waals surface area contributed by atoms with E-state index >= 15 is 0 Å². The van der Waals surface area contributed by atoms with E-state index in [1.54, 1.807) is 28.8 Å². The number of amides is 1. The maximum atomic E-state index is 14.1. The molecule has 2 heterocycles. The van der Waals surface area contributed by atoms with Crippen molar-refractivity contribution in [2.24, 2.45) is 0 Å². The van der Waals surface area contributed by atoms with Gasteiger partial charge in [0.1, 0.15) is 11.2 Å². The van der Waals surface area contributed by atoms with Crippen molar-refractivity contribution < 1.29 is 9.18 Å². The molecule has 0 spiro atoms. The van der Waals surface area contributed by atoms with Crippen LogP contribution in [0.25, 0.3) is 0 Å². The van der Waals surface area contributed by atoms with E-state index in [4.69, 9.17) is 0 Å². The summed E-state index contributed by atoms with van der Waals surface area (Å²) in [5.41, 5.74) is 0.576. The van der Waals surface area contributed by atoms with Crippen molar-refractivity contribution in [2.75, 3.05) is 29.9 Å². The van der Waals surface area contributed by atoms with Crippen molar-refractivity contribution in [2.45, 2.75) is 29.5 Å². The lowest BCUT2D eigenvalue weighted by molar-refractivity contribution is -0.128. The minimum absolute atomic E-state index is 0.00365. The molecule has 0 bridgehead atoms. The lowest BCUT2D eigenvalue weighted by Crippen LogP contribution is -2.32. The van der Waals surface area contributed by atoms with Crippen LogP contribution in [0, 0.1) is 5.82 Å². The van der Waals surface area contributed by atoms with Gasteiger partial charge in [0.15, 0.2) is 4.34 Å². The molecule has 0 radical (unpaired) electrons. The third-order valence-corrected chi connectivity index (χ3v) is 7.16. The first-order chi connectivity index (χ1) is 12.7. The Morgan fingerprint density at radius 2 is 2.27 bits per heavy atom. The molecule has 1 atom stereocenters. The first-order valence-electron chi connectivity index (χ1n) is 8.54. The van der Waals surface area contributed by atoms with Crippen LogP contribution in [-0.2, 0) is 4.79 Å². The van der Waals surface area contributed by atoms with Crippen molar-refractivity contribution in [3.05, 3.63) is 35.6 Å². The SMILES string of the molecule is CCCCNc1nnc(SCC(=O)N2CCSC2c2ccccc2F)s1. The fourth-order valence-electron chi connectivity index (χ4n) is 2.58. The number of anilines is 1. The van der Waals surface area contributed by atoms with E-state index < -0.39 is 0 Å². The minimum atomic E-state index is -0.260. The maximum absolute atomic E-state index is 14.1. The highest BCUT2D eigenvalue weighted by Crippen LogP contribution is 2.39. The third-order valence-electron chi connectivity index (χ3n) is 3.91. The van der Waals surface area contributed by atoms with Crippen LogP contribution in [0.1, 0.15) is 30.7 Å². The summed E-state index contributed by atoms with van der Waals surface area (Å²) in [6, 6.07) is 6.68. The second kappa shape index (κ2) is 9.57. The number of hydrogen-bond acceptors (Lipinski definition) is 7. The minimum Gasteiger partial charge on any atom is -0.360 e. The molecule has 1 aliphatic heterocycles. The van der Waals surface area contributed by atoms with Gasteiger partial charge < -0.3 is 10.2 Å². The number of nitrogens with one attached hydrogen (secondary N) is 1. The molecule has 2 aromatic rings. The molecule has 1 N–H and O–H groups in total. The summed E-state index contributed by atoms with van der Waals surface area (Å²) < 4.78 is 14.8. The smallest absolute Gasteiger partial charge is 0.234 e. The summed E-state index contributed by atoms with van der Waals surface area (Å²) in [5.74, 6) is 0.850. The molecule has 1 amide bonds. The summed E-state index contributed by atoms with van der Waals surface area (Å²) >= 11 is 4.45. The third kappa shape index (κ3) is 4.89. The van der Waals surface area contributed by atoms with Crippen LogP contribution in [0.3, 0.4) is 0 Å². The number of unbranched alkanes of at least 4 members (excludes halogenated alkanes) is 1. The number of hydrogen-bond donors (Lipinski definition) is 1. The van der Waals surface area contributed by atoms with Gasteiger partial charge in [-0.2, -0.15) is 0 Å². The van der Waals surface area contributed by atoms with E-state index in [2.05, 4.69) is 22.4 Å². The Bertz CT molecular complexity index is 742. The number of aromatic nitrogens is 2. The van der Waals surface area contributed by atoms with Gasteiger partial charge in [-0.3, -0.25) is 4.79 Å². The summed E-state index contributed by atoms with van der Waals surface area (Å²) in [5, 5.41) is 12.0. The molecule has 1 unspecified atom stereocenters. The zero-order chi connectivity index (χ0) is 18.4. The Labute approximate surface area is 165 Å². The van der Waals surface area contributed by atoms with Gasteiger partial charge in [-0.15, -0.1) is 22.0 Å². The highest BCUT2D eigenvalue weighted by atomic mass is 32.2. The zero-order valence-corrected chi connectivity index (χ0v) is 16.9. The average molecular weight is 413 g/mol. The number of rotatable bonds is 8. The quantitative estimate of drug-likeness (QED) is 0.517. The van der Waals surface area contributed by atoms with Crippen LogP contribution in [0.4, 0.5) is 9.52 Å². The van der Waals surface area contributed by atoms with Gasteiger partial charge in [-0.05, 0) is 12.5 Å². The molecule has 1 saturated heterocycles. The van der Waals surface area contributed by atoms with Crippen LogP contribution in [0.2, 0.25) is 0 Å². The molecular formula is C17H21FN4OS3. The molecule has 1 aromatic heterocycles. The number of halogens is 1. The average Bonchev–Trinajstić information content (AvgIpc) is 3.30. The Morgan fingerprint density at radius 1 is 1.42 bits per heavy atom. The normalized spacial score (nSPS) is 16.8. The van der Waals surface area contributed by atoms with Crippen LogP contribution in [0.15, 0.2) is 28.6 Å². The topological polar surface area (TPSA) is 58.1 Å². The van der Waals surface area contributed by atoms with Gasteiger partial charge in [0.2, 0.25) is 11.0 Å². The lowest BCUT2D eigenvalue weighted by atomic mass is 10.2. The van der Waals surface area contributed by atoms with E-state index in [1.165, 1.54) is 29.2 Å². The molecule has 0 aliphatic carbocycles. The van der Waals surface area contributed by atoms with E-state index in [9.17, 15) is 9.18 Å². The molecule has 1 aliphatic rings. The fraction of sp³-hybridized carbons (Fsp3) is 0.471. The fourth-order valence-corrected chi connectivity index (χ4v) is 5.54. The van der Waals surface area contributed by atoms with E-state index in [-0.39, 0.29) is 22.9 Å². The number of benzene rings is 1. The summed E-state index contributed by atoms with van der Waals surface area (Å²) in [4.78, 5) is 14.4. The van der Waals surface area contributed by atoms with E-state index in [0.717, 1.165) is 34.6 Å². The highest BCUT2D eigenvalue weighted by molar-refractivity contribution is 8.01. The standard InChI is InChI=1S/C17H21FN4OS3/c1-2-3-8-19-16-20-21-17(26-16)25-11-14(23)22-9-10-24-15(22)12-6-4-5-7-13(12)18/h4-7,15H,2-3,8-11H2,1H3,(H,19,20). The molecule has 26 heavy (non-hydrogen) atoms. The molecule has 1 aromatic carbocycles. The molecule has 5 nitrogen and oxygen atoms in total. The number of thioether (sulfide) groups is 2. The van der Waals surface area contributed by atoms with Crippen LogP contribution < -0.4 is 5.32 Å². The number of nitrogens with zero attached hydrogens (tertiary/aromatic N) is 3. The molecular weight excluding hydrogens is 391 g/mol. The van der Waals surface area contributed by atoms with Crippen molar-refractivity contribution in [1.82, 2.24) is 15.1 Å². The van der Waals surface area contributed by atoms with E-state index in [1.807, 2.05) is 6.07 Å². The van der Waals surface area contributed by atoms with Crippen LogP contribution in [0.5, 0.6) is 0 Å². The lowest BCUT2D eigenvalue weighted by Gasteiger charge is -2.24. The number of carbonyl (C=O) groups excluding carboxylic acids is 1. The monoisotopic (exact) mass is 412 g/mol. The van der Waals surface area contributed by atoms with Gasteiger partial charge in [-0.25, -0.2) is 4.39 Å². The van der Waals surface area contributed by atoms with Gasteiger partial charge in [-0.1, -0.05) is 54.6 Å². The largest absolute Gasteiger partial charge is 0.360 e. The summed E-state index contributed by atoms with van der Waals surface area (Å²) in [6.07, 6.45) is 2.21. The molecule has 1 fully saturated rings. The zero-order valence-electron chi connectivity index (χ0n) is 14.5. The second-order valence-electron chi connectivity index (χ2n) is 5.77. The van der Waals surface area contributed by atoms with Gasteiger partial charge >= 0.3 is 0 Å². The van der Waals surface area contributed by atoms with Gasteiger partial charge in [0, 0.05) is 24.4 Å². The first-order valence-corrected chi connectivity index (χ1v) is 11.4. The molecule has 140 valence electrons. The van der Waals surface area contributed by atoms with Gasteiger partial charge in [0.05, 0.1) is 5.75 Å². The maximum Gasteiger partial charge on any atom is 0.234 e. The first kappa shape index (κ1) is 19.4. The van der Waals surface area contributed by atoms with Crippen LogP contribution >= 0.6 is 34.9 Å². The van der Waals surface area contributed by atoms with Crippen molar-refractivity contribution in [1.29, 1.82) is 0 Å². The Kier molecular flexibility index (Phi) is 7.15. The Balaban J connectivity index is 1.55. The van der Waals surface area contributed by atoms with E-state index in [0.29, 0.717) is 12.1 Å². The predicted octanol–water partition coefficient (Wildman–Crippen LogP) is 4.26. The van der Waals surface area contributed by atoms with Crippen molar-refractivity contribution in [3.63, 3.8) is 0 Å². The Morgan fingerprint density at radius 3 is 3.08 bits per heavy atom. The predicted molar refractivity (Wildman–Crippen MR) is 107 cm³/mol. The highest BCUT2D eigenvalue weighted by Gasteiger charge is 2.32. The van der Waals surface area contributed by atoms with Crippen molar-refractivity contribution >= 4 is 45.9 Å². The van der Waals surface area contributed by atoms with Gasteiger partial charge in [0.25, 0.3) is 0 Å². The molecule has 9 heteroatoms. The van der Waals surface area contributed by atoms with Crippen molar-refractivity contribution in [3.8, 4) is 0 Å². The summed E-state index contributed by atoms with van der Waals surface area (Å²) in [6.45, 7) is 3.66. The summed E-state index contributed by atoms with van der Waals surface area (Å²) in [7, 11) is 0. The van der Waals surface area contributed by atoms with Crippen LogP contribution in [-0.4, -0.2) is 45.6 Å². The Hall–Kier alpha value is -1.32. The molecule has 3 rings (SSSR count). The molecule has 0 saturated carbocycles. The second-order valence-corrected chi connectivity index (χ2v) is 9.16.